The lowest BCUT2D eigenvalue weighted by atomic mass is 9.89. The second-order valence-corrected chi connectivity index (χ2v) is 13.7. The third kappa shape index (κ3) is 7.94. The van der Waals surface area contributed by atoms with Crippen LogP contribution < -0.4 is 10.5 Å². The molecule has 40 heavy (non-hydrogen) atoms. The molecule has 1 aliphatic rings. The second-order valence-electron chi connectivity index (χ2n) is 12.1. The lowest BCUT2D eigenvalue weighted by Gasteiger charge is -2.30. The Morgan fingerprint density at radius 2 is 1.45 bits per heavy atom. The molecule has 0 radical (unpaired) electrons. The van der Waals surface area contributed by atoms with E-state index in [1.807, 2.05) is 50.8 Å². The normalized spacial score (nSPS) is 15.8. The van der Waals surface area contributed by atoms with Gasteiger partial charge in [0, 0.05) is 18.7 Å². The maximum Gasteiger partial charge on any atom is 0.241 e. The Hall–Kier alpha value is -2.71. The average Bonchev–Trinajstić information content (AvgIpc) is 2.86. The Bertz CT molecular complexity index is 1260. The number of sulfonamides is 1. The molecule has 0 aromatic heterocycles. The quantitative estimate of drug-likeness (QED) is 0.240. The van der Waals surface area contributed by atoms with Crippen LogP contribution in [0.1, 0.15) is 119 Å². The van der Waals surface area contributed by atoms with Gasteiger partial charge < -0.3 is 10.6 Å². The summed E-state index contributed by atoms with van der Waals surface area (Å²) < 4.78 is 31.5. The molecule has 0 aliphatic carbocycles. The number of nitrogens with one attached hydrogen (secondary N) is 2. The topological polar surface area (TPSA) is 116 Å². The van der Waals surface area contributed by atoms with E-state index in [2.05, 4.69) is 18.6 Å². The summed E-state index contributed by atoms with van der Waals surface area (Å²) in [5.41, 5.74) is 9.69. The number of amidine groups is 1. The van der Waals surface area contributed by atoms with Gasteiger partial charge in [0.2, 0.25) is 15.9 Å². The summed E-state index contributed by atoms with van der Waals surface area (Å²) in [5, 5.41) is 7.83. The van der Waals surface area contributed by atoms with E-state index < -0.39 is 16.1 Å². The smallest absolute Gasteiger partial charge is 0.241 e. The highest BCUT2D eigenvalue weighted by atomic mass is 32.2. The molecular formula is C32H48N4O3S. The van der Waals surface area contributed by atoms with Gasteiger partial charge in [0.05, 0.1) is 4.90 Å². The molecular weight excluding hydrogens is 520 g/mol. The first-order chi connectivity index (χ1) is 18.8. The highest BCUT2D eigenvalue weighted by Gasteiger charge is 2.33. The molecule has 7 nitrogen and oxygen atoms in total. The summed E-state index contributed by atoms with van der Waals surface area (Å²) in [6.07, 6.45) is 5.30. The van der Waals surface area contributed by atoms with Gasteiger partial charge in [0.15, 0.2) is 0 Å². The molecule has 1 heterocycles. The zero-order chi connectivity index (χ0) is 29.6. The van der Waals surface area contributed by atoms with Crippen LogP contribution in [-0.2, 0) is 21.2 Å². The lowest BCUT2D eigenvalue weighted by Crippen LogP contribution is -2.50. The fourth-order valence-corrected chi connectivity index (χ4v) is 7.30. The number of nitrogens with zero attached hydrogens (tertiary/aromatic N) is 1. The van der Waals surface area contributed by atoms with Crippen LogP contribution in [0.4, 0.5) is 0 Å². The van der Waals surface area contributed by atoms with Crippen molar-refractivity contribution in [1.82, 2.24) is 9.62 Å². The van der Waals surface area contributed by atoms with Gasteiger partial charge in [-0.05, 0) is 65.3 Å². The summed E-state index contributed by atoms with van der Waals surface area (Å²) in [5.74, 6) is -0.0380. The van der Waals surface area contributed by atoms with Gasteiger partial charge in [-0.3, -0.25) is 10.2 Å². The van der Waals surface area contributed by atoms with Gasteiger partial charge >= 0.3 is 0 Å². The predicted octanol–water partition coefficient (Wildman–Crippen LogP) is 6.02. The summed E-state index contributed by atoms with van der Waals surface area (Å²) in [6.45, 7) is 13.5. The molecule has 0 saturated carbocycles. The fraction of sp³-hybridized carbons (Fsp3) is 0.562. The van der Waals surface area contributed by atoms with Crippen molar-refractivity contribution < 1.29 is 13.2 Å². The van der Waals surface area contributed by atoms with Crippen LogP contribution in [0.2, 0.25) is 0 Å². The Morgan fingerprint density at radius 1 is 0.900 bits per heavy atom. The van der Waals surface area contributed by atoms with Crippen LogP contribution in [0.25, 0.3) is 0 Å². The number of nitrogen functional groups attached to an aromatic ring is 1. The number of amides is 1. The standard InChI is InChI=1S/C32H48N4O3S/c1-21(2)26-19-27(22(3)4)30(28(20-26)23(5)6)40(38,39)35-29(18-24-13-12-14-25(17-24)31(33)34)32(37)36-15-10-8-7-9-11-16-36/h12-14,17,19-23,29,35H,7-11,15-16,18H2,1-6H3,(H3,33,34)/t29-/m0/s1. The van der Waals surface area contributed by atoms with Crippen LogP contribution in [0.3, 0.4) is 0 Å². The van der Waals surface area contributed by atoms with Crippen molar-refractivity contribution in [3.8, 4) is 0 Å². The minimum absolute atomic E-state index is 0.0152. The van der Waals surface area contributed by atoms with E-state index in [0.717, 1.165) is 54.4 Å². The van der Waals surface area contributed by atoms with Crippen molar-refractivity contribution >= 4 is 21.8 Å². The summed E-state index contributed by atoms with van der Waals surface area (Å²) >= 11 is 0. The first-order valence-corrected chi connectivity index (χ1v) is 16.2. The molecule has 4 N–H and O–H groups in total. The maximum atomic E-state index is 14.3. The minimum atomic E-state index is -4.06. The van der Waals surface area contributed by atoms with Crippen molar-refractivity contribution in [2.24, 2.45) is 5.73 Å². The fourth-order valence-electron chi connectivity index (χ4n) is 5.42. The van der Waals surface area contributed by atoms with E-state index in [9.17, 15) is 13.2 Å². The van der Waals surface area contributed by atoms with Gasteiger partial charge in [0.1, 0.15) is 11.9 Å². The molecule has 1 saturated heterocycles. The number of likely N-dealkylation sites (tertiary alicyclic amines) is 1. The highest BCUT2D eigenvalue weighted by molar-refractivity contribution is 7.89. The Labute approximate surface area is 241 Å². The highest BCUT2D eigenvalue weighted by Crippen LogP contribution is 2.35. The number of carbonyl (C=O) groups is 1. The zero-order valence-electron chi connectivity index (χ0n) is 25.1. The summed E-state index contributed by atoms with van der Waals surface area (Å²) in [6, 6.07) is 10.2. The number of hydrogen-bond acceptors (Lipinski definition) is 4. The predicted molar refractivity (Wildman–Crippen MR) is 164 cm³/mol. The van der Waals surface area contributed by atoms with Crippen molar-refractivity contribution in [2.75, 3.05) is 13.1 Å². The minimum Gasteiger partial charge on any atom is -0.384 e. The maximum absolute atomic E-state index is 14.3. The van der Waals surface area contributed by atoms with E-state index in [0.29, 0.717) is 23.5 Å². The van der Waals surface area contributed by atoms with E-state index in [4.69, 9.17) is 11.1 Å². The van der Waals surface area contributed by atoms with Crippen molar-refractivity contribution in [3.05, 3.63) is 64.2 Å². The first kappa shape index (κ1) is 31.8. The number of carbonyl (C=O) groups excluding carboxylic acids is 1. The first-order valence-electron chi connectivity index (χ1n) is 14.7. The van der Waals surface area contributed by atoms with Crippen LogP contribution in [0.5, 0.6) is 0 Å². The molecule has 220 valence electrons. The van der Waals surface area contributed by atoms with E-state index in [1.54, 1.807) is 18.2 Å². The molecule has 1 fully saturated rings. The van der Waals surface area contributed by atoms with Gasteiger partial charge in [-0.1, -0.05) is 91.1 Å². The number of benzene rings is 2. The van der Waals surface area contributed by atoms with Crippen LogP contribution in [-0.4, -0.2) is 44.2 Å². The van der Waals surface area contributed by atoms with Gasteiger partial charge in [-0.15, -0.1) is 0 Å². The molecule has 3 rings (SSSR count). The number of nitrogens with two attached hydrogens (primary N) is 1. The summed E-state index contributed by atoms with van der Waals surface area (Å²) in [4.78, 5) is 16.1. The monoisotopic (exact) mass is 568 g/mol. The molecule has 0 unspecified atom stereocenters. The zero-order valence-corrected chi connectivity index (χ0v) is 25.9. The van der Waals surface area contributed by atoms with Gasteiger partial charge in [0.25, 0.3) is 0 Å². The van der Waals surface area contributed by atoms with Crippen molar-refractivity contribution in [2.45, 2.75) is 109 Å². The molecule has 2 aromatic carbocycles. The molecule has 1 amide bonds. The summed E-state index contributed by atoms with van der Waals surface area (Å²) in [7, 11) is -4.06. The number of rotatable bonds is 10. The molecule has 2 aromatic rings. The average molecular weight is 569 g/mol. The Balaban J connectivity index is 2.10. The third-order valence-electron chi connectivity index (χ3n) is 7.79. The molecule has 8 heteroatoms. The molecule has 1 atom stereocenters. The molecule has 1 aliphatic heterocycles. The largest absolute Gasteiger partial charge is 0.384 e. The SMILES string of the molecule is CC(C)c1cc(C(C)C)c(S(=O)(=O)N[C@@H](Cc2cccc(C(=N)N)c2)C(=O)N2CCCCCCC2)c(C(C)C)c1. The van der Waals surface area contributed by atoms with Crippen LogP contribution in [0.15, 0.2) is 41.3 Å². The van der Waals surface area contributed by atoms with Crippen LogP contribution >= 0.6 is 0 Å². The molecule has 0 bridgehead atoms. The van der Waals surface area contributed by atoms with Crippen molar-refractivity contribution in [1.29, 1.82) is 5.41 Å². The third-order valence-corrected chi connectivity index (χ3v) is 9.39. The number of hydrogen-bond donors (Lipinski definition) is 3. The lowest BCUT2D eigenvalue weighted by molar-refractivity contribution is -0.133. The van der Waals surface area contributed by atoms with E-state index in [1.165, 1.54) is 0 Å². The van der Waals surface area contributed by atoms with E-state index in [-0.39, 0.29) is 35.9 Å². The molecule has 0 spiro atoms. The van der Waals surface area contributed by atoms with Gasteiger partial charge in [-0.2, -0.15) is 4.72 Å². The Morgan fingerprint density at radius 3 is 1.95 bits per heavy atom. The Kier molecular flexibility index (Phi) is 11.0. The van der Waals surface area contributed by atoms with Crippen molar-refractivity contribution in [3.63, 3.8) is 0 Å². The van der Waals surface area contributed by atoms with Gasteiger partial charge in [-0.25, -0.2) is 8.42 Å². The van der Waals surface area contributed by atoms with E-state index >= 15 is 0 Å². The second kappa shape index (κ2) is 13.8. The van der Waals surface area contributed by atoms with Crippen LogP contribution in [0, 0.1) is 5.41 Å².